The van der Waals surface area contributed by atoms with Crippen LogP contribution in [0.2, 0.25) is 0 Å². The van der Waals surface area contributed by atoms with E-state index in [0.717, 1.165) is 0 Å². The van der Waals surface area contributed by atoms with Crippen molar-refractivity contribution in [2.75, 3.05) is 0 Å². The second kappa shape index (κ2) is 9.64. The smallest absolute Gasteiger partial charge is 0.316 e. The van der Waals surface area contributed by atoms with Crippen molar-refractivity contribution in [1.29, 1.82) is 0 Å². The predicted octanol–water partition coefficient (Wildman–Crippen LogP) is -5.63. The summed E-state index contributed by atoms with van der Waals surface area (Å²) in [4.78, 5) is 29.3. The second-order valence-corrected chi connectivity index (χ2v) is 1.80. The van der Waals surface area contributed by atoms with Gasteiger partial charge in [-0.15, -0.1) is 0 Å². The van der Waals surface area contributed by atoms with Gasteiger partial charge in [0, 0.05) is 0 Å². The molecule has 0 aromatic carbocycles. The number of rotatable bonds is 0. The molecule has 1 unspecified atom stereocenters. The van der Waals surface area contributed by atoms with Crippen molar-refractivity contribution in [3.63, 3.8) is 0 Å². The van der Waals surface area contributed by atoms with Gasteiger partial charge in [-0.05, 0) is 0 Å². The molecule has 0 spiro atoms. The van der Waals surface area contributed by atoms with Gasteiger partial charge in [0.2, 0.25) is 0 Å². The van der Waals surface area contributed by atoms with E-state index in [1.54, 1.807) is 0 Å². The van der Waals surface area contributed by atoms with Crippen LogP contribution in [-0.4, -0.2) is 107 Å². The van der Waals surface area contributed by atoms with Crippen LogP contribution < -0.4 is 0 Å². The number of hydrogen-bond acceptors (Lipinski definition) is 4. The first-order valence-electron chi connectivity index (χ1n) is 0.894. The first-order valence-corrected chi connectivity index (χ1v) is 2.68. The van der Waals surface area contributed by atoms with Gasteiger partial charge >= 0.3 is 87.8 Å². The van der Waals surface area contributed by atoms with Crippen LogP contribution in [0.3, 0.4) is 0 Å². The van der Waals surface area contributed by atoms with Crippen LogP contribution in [-0.2, 0) is 0 Å². The molecule has 0 rings (SSSR count). The molecule has 0 bridgehead atoms. The fraction of sp³-hybridized carbons (Fsp3) is 0. The van der Waals surface area contributed by atoms with Crippen molar-refractivity contribution < 1.29 is 19.2 Å². The molecule has 4 N–H and O–H groups in total. The molecule has 0 saturated carbocycles. The van der Waals surface area contributed by atoms with Gasteiger partial charge in [-0.25, -0.2) is 0 Å². The van der Waals surface area contributed by atoms with E-state index < -0.39 is 9.05 Å². The maximum atomic E-state index is 7.33. The van der Waals surface area contributed by atoms with E-state index in [2.05, 4.69) is 0 Å². The van der Waals surface area contributed by atoms with Gasteiger partial charge in [-0.3, -0.25) is 0 Å². The Morgan fingerprint density at radius 3 is 0.875 bits per heavy atom. The Bertz CT molecular complexity index is 31.5. The van der Waals surface area contributed by atoms with Crippen LogP contribution in [0.5, 0.6) is 0 Å². The maximum absolute atomic E-state index is 7.33. The van der Waals surface area contributed by atoms with Crippen molar-refractivity contribution in [2.24, 2.45) is 0 Å². The summed E-state index contributed by atoms with van der Waals surface area (Å²) >= 11 is 0. The minimum atomic E-state index is -4.61. The monoisotopic (exact) mass is 242 g/mol. The molecule has 0 aromatic heterocycles. The summed E-state index contributed by atoms with van der Waals surface area (Å²) in [5, 5.41) is 0. The Morgan fingerprint density at radius 1 is 0.875 bits per heavy atom. The van der Waals surface area contributed by atoms with Crippen LogP contribution >= 0.6 is 0 Å². The Labute approximate surface area is 105 Å². The van der Waals surface area contributed by atoms with Crippen LogP contribution in [0.1, 0.15) is 0 Å². The minimum absolute atomic E-state index is 0. The predicted molar refractivity (Wildman–Crippen MR) is 41.7 cm³/mol. The molecule has 48 valence electrons. The molecular weight excluding hydrogens is 231 g/mol. The summed E-state index contributed by atoms with van der Waals surface area (Å²) < 4.78 is 0. The summed E-state index contributed by atoms with van der Waals surface area (Å²) in [5.74, 6) is 0. The molecular formula is H11AsCaMgO4Si. The topological polar surface area (TPSA) is 80.9 Å². The Morgan fingerprint density at radius 2 is 0.875 bits per heavy atom. The average Bonchev–Trinajstić information content (AvgIpc) is 0.722. The Kier molecular flexibility index (Phi) is 27.0. The third kappa shape index (κ3) is 72.3. The standard InChI is InChI=1S/AsH3.Ca.Mg.H4O4Si.4H/c;;;1-5(2,3)4;;;;/h1H3;;;1-4H;;;;. The van der Waals surface area contributed by atoms with Crippen LogP contribution in [0.15, 0.2) is 0 Å². The molecule has 0 amide bonds. The molecule has 1 atom stereocenters. The van der Waals surface area contributed by atoms with Gasteiger partial charge in [-0.2, -0.15) is 0 Å². The van der Waals surface area contributed by atoms with Crippen molar-refractivity contribution in [3.05, 3.63) is 0 Å². The molecule has 0 fully saturated rings. The number of hydrogen-bond donors (Lipinski definition) is 4. The molecule has 0 saturated heterocycles. The van der Waals surface area contributed by atoms with Gasteiger partial charge in [0.05, 0.1) is 0 Å². The van der Waals surface area contributed by atoms with E-state index in [0.29, 0.717) is 0 Å². The van der Waals surface area contributed by atoms with Crippen LogP contribution in [0.4, 0.5) is 0 Å². The van der Waals surface area contributed by atoms with E-state index in [1.165, 1.54) is 0 Å². The first kappa shape index (κ1) is 22.4. The average molecular weight is 242 g/mol. The molecule has 0 aliphatic rings. The zero-order valence-corrected chi connectivity index (χ0v) is 6.96. The van der Waals surface area contributed by atoms with E-state index in [4.69, 9.17) is 19.2 Å². The van der Waals surface area contributed by atoms with Crippen LogP contribution in [0, 0.1) is 0 Å². The van der Waals surface area contributed by atoms with E-state index in [-0.39, 0.29) is 78.7 Å². The third-order valence-corrected chi connectivity index (χ3v) is 0. The maximum Gasteiger partial charge on any atom is 0.316 e. The summed E-state index contributed by atoms with van der Waals surface area (Å²) in [7, 11) is -4.61. The zero-order valence-electron chi connectivity index (χ0n) is 3.00. The molecule has 0 aromatic rings. The van der Waals surface area contributed by atoms with Crippen molar-refractivity contribution in [1.82, 2.24) is 0 Å². The SMILES string of the molecule is O[Si](O)(O)O.[AsH3].[CaH2].[MgH2]. The molecule has 4 nitrogen and oxygen atoms in total. The van der Waals surface area contributed by atoms with Gasteiger partial charge in [-0.1, -0.05) is 0 Å². The normalized spacial score (nSPS) is 7.50. The second-order valence-electron chi connectivity index (χ2n) is 0.600. The molecule has 0 heterocycles. The molecule has 0 radical (unpaired) electrons. The fourth-order valence-electron chi connectivity index (χ4n) is 0. The molecule has 8 heavy (non-hydrogen) atoms. The summed E-state index contributed by atoms with van der Waals surface area (Å²) in [6.07, 6.45) is 0. The first-order chi connectivity index (χ1) is 2.00. The molecule has 8 heteroatoms. The van der Waals surface area contributed by atoms with E-state index in [9.17, 15) is 0 Å². The van der Waals surface area contributed by atoms with E-state index in [1.807, 2.05) is 0 Å². The fourth-order valence-corrected chi connectivity index (χ4v) is 0. The van der Waals surface area contributed by atoms with Crippen molar-refractivity contribution in [2.45, 2.75) is 0 Å². The van der Waals surface area contributed by atoms with Crippen molar-refractivity contribution in [3.8, 4) is 0 Å². The Hall–Kier alpha value is 2.64. The van der Waals surface area contributed by atoms with Crippen LogP contribution in [0.25, 0.3) is 0 Å². The van der Waals surface area contributed by atoms with Gasteiger partial charge in [0.25, 0.3) is 0 Å². The van der Waals surface area contributed by atoms with E-state index >= 15 is 0 Å². The Balaban J connectivity index is -0.0000000267. The van der Waals surface area contributed by atoms with Gasteiger partial charge in [0.1, 0.15) is 0 Å². The summed E-state index contributed by atoms with van der Waals surface area (Å²) in [6.45, 7) is 0. The third-order valence-electron chi connectivity index (χ3n) is 0. The molecule has 0 aliphatic carbocycles. The minimum Gasteiger partial charge on any atom is 0.316 e. The summed E-state index contributed by atoms with van der Waals surface area (Å²) in [5.41, 5.74) is 0. The quantitative estimate of drug-likeness (QED) is 0.319. The van der Waals surface area contributed by atoms with Gasteiger partial charge < -0.3 is 19.2 Å². The largest absolute Gasteiger partial charge is 0.316 e. The summed E-state index contributed by atoms with van der Waals surface area (Å²) in [6, 6.07) is 0. The molecule has 0 aliphatic heterocycles. The van der Waals surface area contributed by atoms with Gasteiger partial charge in [0.15, 0.2) is 0 Å². The zero-order chi connectivity index (χ0) is 4.50. The van der Waals surface area contributed by atoms with Crippen molar-refractivity contribution >= 4 is 87.8 Å².